The Bertz CT molecular complexity index is 489. The van der Waals surface area contributed by atoms with E-state index in [4.69, 9.17) is 4.74 Å². The van der Waals surface area contributed by atoms with Crippen molar-refractivity contribution in [2.24, 2.45) is 4.99 Å². The number of nitrogens with one attached hydrogen (secondary N) is 3. The standard InChI is InChI=1S/C14H30N4O4S.HI/c1-6-15-12(17-10-11-23(5,20)21)16-8-7-9-18-13(19)22-14(2,3)4;/h6-11H2,1-5H3,(H,18,19)(H2,15,16,17);1H. The molecule has 0 aliphatic heterocycles. The van der Waals surface area contributed by atoms with Gasteiger partial charge in [0.15, 0.2) is 5.96 Å². The zero-order chi connectivity index (χ0) is 17.9. The molecule has 3 N–H and O–H groups in total. The lowest BCUT2D eigenvalue weighted by atomic mass is 10.2. The highest BCUT2D eigenvalue weighted by molar-refractivity contribution is 14.0. The predicted molar refractivity (Wildman–Crippen MR) is 108 cm³/mol. The summed E-state index contributed by atoms with van der Waals surface area (Å²) < 4.78 is 27.3. The first kappa shape index (κ1) is 25.5. The highest BCUT2D eigenvalue weighted by Crippen LogP contribution is 2.06. The molecule has 0 aliphatic carbocycles. The van der Waals surface area contributed by atoms with Gasteiger partial charge >= 0.3 is 6.09 Å². The fourth-order valence-corrected chi connectivity index (χ4v) is 1.94. The van der Waals surface area contributed by atoms with Gasteiger partial charge in [0, 0.05) is 32.4 Å². The Morgan fingerprint density at radius 3 is 2.25 bits per heavy atom. The maximum atomic E-state index is 11.4. The molecular formula is C14H31IN4O4S. The number of amides is 1. The van der Waals surface area contributed by atoms with E-state index < -0.39 is 21.5 Å². The van der Waals surface area contributed by atoms with Crippen molar-refractivity contribution in [3.8, 4) is 0 Å². The van der Waals surface area contributed by atoms with E-state index in [1.165, 1.54) is 6.26 Å². The molecule has 1 amide bonds. The maximum absolute atomic E-state index is 11.4. The lowest BCUT2D eigenvalue weighted by molar-refractivity contribution is 0.0527. The molecule has 8 nitrogen and oxygen atoms in total. The van der Waals surface area contributed by atoms with Gasteiger partial charge in [-0.05, 0) is 34.1 Å². The van der Waals surface area contributed by atoms with Crippen LogP contribution in [-0.2, 0) is 14.6 Å². The summed E-state index contributed by atoms with van der Waals surface area (Å²) in [5, 5.41) is 8.64. The lowest BCUT2D eigenvalue weighted by Gasteiger charge is -2.19. The Balaban J connectivity index is 0. The normalized spacial score (nSPS) is 12.1. The molecule has 144 valence electrons. The summed E-state index contributed by atoms with van der Waals surface area (Å²) >= 11 is 0. The van der Waals surface area contributed by atoms with Crippen molar-refractivity contribution in [2.75, 3.05) is 38.2 Å². The average Bonchev–Trinajstić information content (AvgIpc) is 2.34. The fraction of sp³-hybridized carbons (Fsp3) is 0.857. The van der Waals surface area contributed by atoms with Crippen molar-refractivity contribution in [1.82, 2.24) is 16.0 Å². The minimum Gasteiger partial charge on any atom is -0.444 e. The molecular weight excluding hydrogens is 447 g/mol. The number of hydrogen-bond donors (Lipinski definition) is 3. The third-order valence-electron chi connectivity index (χ3n) is 2.38. The van der Waals surface area contributed by atoms with E-state index in [-0.39, 0.29) is 29.7 Å². The predicted octanol–water partition coefficient (Wildman–Crippen LogP) is 1.12. The zero-order valence-corrected chi connectivity index (χ0v) is 18.3. The van der Waals surface area contributed by atoms with Crippen molar-refractivity contribution >= 4 is 45.9 Å². The van der Waals surface area contributed by atoms with Gasteiger partial charge in [0.25, 0.3) is 0 Å². The molecule has 0 bridgehead atoms. The molecule has 0 saturated carbocycles. The van der Waals surface area contributed by atoms with E-state index in [1.807, 2.05) is 27.7 Å². The summed E-state index contributed by atoms with van der Waals surface area (Å²) in [6.07, 6.45) is 1.41. The van der Waals surface area contributed by atoms with Crippen molar-refractivity contribution in [2.45, 2.75) is 39.7 Å². The number of sulfone groups is 1. The zero-order valence-electron chi connectivity index (χ0n) is 15.1. The van der Waals surface area contributed by atoms with Gasteiger partial charge < -0.3 is 20.7 Å². The molecule has 0 aromatic carbocycles. The number of guanidine groups is 1. The molecule has 0 fully saturated rings. The van der Waals surface area contributed by atoms with Crippen molar-refractivity contribution in [1.29, 1.82) is 0 Å². The SMILES string of the molecule is CCNC(=NCCCNC(=O)OC(C)(C)C)NCCS(C)(=O)=O.I. The summed E-state index contributed by atoms with van der Waals surface area (Å²) in [5.74, 6) is 0.617. The van der Waals surface area contributed by atoms with Crippen LogP contribution in [0.15, 0.2) is 4.99 Å². The summed E-state index contributed by atoms with van der Waals surface area (Å²) in [6.45, 7) is 9.30. The van der Waals surface area contributed by atoms with Gasteiger partial charge in [0.05, 0.1) is 5.75 Å². The summed E-state index contributed by atoms with van der Waals surface area (Å²) in [4.78, 5) is 15.8. The number of ether oxygens (including phenoxy) is 1. The van der Waals surface area contributed by atoms with E-state index in [0.29, 0.717) is 38.6 Å². The number of carbonyl (C=O) groups is 1. The first-order valence-electron chi connectivity index (χ1n) is 7.70. The molecule has 0 rings (SSSR count). The Kier molecular flexibility index (Phi) is 13.3. The summed E-state index contributed by atoms with van der Waals surface area (Å²) in [7, 11) is -3.00. The minimum atomic E-state index is -3.00. The largest absolute Gasteiger partial charge is 0.444 e. The highest BCUT2D eigenvalue weighted by Gasteiger charge is 2.15. The monoisotopic (exact) mass is 478 g/mol. The number of hydrogen-bond acceptors (Lipinski definition) is 5. The second kappa shape index (κ2) is 12.6. The van der Waals surface area contributed by atoms with Crippen molar-refractivity contribution in [3.05, 3.63) is 0 Å². The lowest BCUT2D eigenvalue weighted by Crippen LogP contribution is -2.39. The van der Waals surface area contributed by atoms with Gasteiger partial charge in [-0.3, -0.25) is 4.99 Å². The van der Waals surface area contributed by atoms with Crippen LogP contribution in [0.1, 0.15) is 34.1 Å². The van der Waals surface area contributed by atoms with E-state index >= 15 is 0 Å². The Hall–Kier alpha value is -0.780. The molecule has 0 aliphatic rings. The molecule has 0 aromatic heterocycles. The third kappa shape index (κ3) is 17.6. The van der Waals surface area contributed by atoms with Gasteiger partial charge in [-0.15, -0.1) is 24.0 Å². The molecule has 0 aromatic rings. The van der Waals surface area contributed by atoms with E-state index in [0.717, 1.165) is 0 Å². The number of nitrogens with zero attached hydrogens (tertiary/aromatic N) is 1. The second-order valence-corrected chi connectivity index (χ2v) is 8.36. The number of carbonyl (C=O) groups excluding carboxylic acids is 1. The third-order valence-corrected chi connectivity index (χ3v) is 3.33. The van der Waals surface area contributed by atoms with Crippen LogP contribution in [0.2, 0.25) is 0 Å². The fourth-order valence-electron chi connectivity index (χ4n) is 1.47. The van der Waals surface area contributed by atoms with E-state index in [9.17, 15) is 13.2 Å². The van der Waals surface area contributed by atoms with Crippen molar-refractivity contribution in [3.63, 3.8) is 0 Å². The van der Waals surface area contributed by atoms with Crippen LogP contribution in [-0.4, -0.2) is 64.3 Å². The first-order chi connectivity index (χ1) is 10.5. The molecule has 10 heteroatoms. The van der Waals surface area contributed by atoms with Crippen LogP contribution in [0.25, 0.3) is 0 Å². The average molecular weight is 478 g/mol. The maximum Gasteiger partial charge on any atom is 0.407 e. The highest BCUT2D eigenvalue weighted by atomic mass is 127. The van der Waals surface area contributed by atoms with Crippen LogP contribution >= 0.6 is 24.0 Å². The molecule has 0 unspecified atom stereocenters. The van der Waals surface area contributed by atoms with Gasteiger partial charge in [-0.1, -0.05) is 0 Å². The van der Waals surface area contributed by atoms with Crippen LogP contribution < -0.4 is 16.0 Å². The van der Waals surface area contributed by atoms with Crippen LogP contribution in [0, 0.1) is 0 Å². The number of halogens is 1. The topological polar surface area (TPSA) is 109 Å². The van der Waals surface area contributed by atoms with E-state index in [1.54, 1.807) is 0 Å². The van der Waals surface area contributed by atoms with Crippen LogP contribution in [0.4, 0.5) is 4.79 Å². The Morgan fingerprint density at radius 2 is 1.75 bits per heavy atom. The minimum absolute atomic E-state index is 0. The smallest absolute Gasteiger partial charge is 0.407 e. The summed E-state index contributed by atoms with van der Waals surface area (Å²) in [6, 6.07) is 0. The van der Waals surface area contributed by atoms with Crippen LogP contribution in [0.3, 0.4) is 0 Å². The van der Waals surface area contributed by atoms with Gasteiger partial charge in [-0.25, -0.2) is 13.2 Å². The van der Waals surface area contributed by atoms with Crippen molar-refractivity contribution < 1.29 is 17.9 Å². The van der Waals surface area contributed by atoms with E-state index in [2.05, 4.69) is 20.9 Å². The quantitative estimate of drug-likeness (QED) is 0.209. The Morgan fingerprint density at radius 1 is 1.12 bits per heavy atom. The number of rotatable bonds is 8. The number of aliphatic imine (C=N–C) groups is 1. The molecule has 0 radical (unpaired) electrons. The first-order valence-corrected chi connectivity index (χ1v) is 9.76. The van der Waals surface area contributed by atoms with Gasteiger partial charge in [-0.2, -0.15) is 0 Å². The number of alkyl carbamates (subject to hydrolysis) is 1. The van der Waals surface area contributed by atoms with Crippen LogP contribution in [0.5, 0.6) is 0 Å². The van der Waals surface area contributed by atoms with Gasteiger partial charge in [0.2, 0.25) is 0 Å². The van der Waals surface area contributed by atoms with Gasteiger partial charge in [0.1, 0.15) is 15.4 Å². The molecule has 0 atom stereocenters. The molecule has 0 heterocycles. The molecule has 0 spiro atoms. The molecule has 0 saturated heterocycles. The second-order valence-electron chi connectivity index (χ2n) is 6.10. The summed E-state index contributed by atoms with van der Waals surface area (Å²) in [5.41, 5.74) is -0.510. The Labute approximate surface area is 162 Å². The molecule has 24 heavy (non-hydrogen) atoms.